The van der Waals surface area contributed by atoms with E-state index >= 15 is 0 Å². The van der Waals surface area contributed by atoms with Gasteiger partial charge in [-0.1, -0.05) is 42.0 Å². The molecule has 2 amide bonds. The number of carbonyl (C=O) groups is 2. The number of nitrogens with one attached hydrogen (secondary N) is 2. The summed E-state index contributed by atoms with van der Waals surface area (Å²) in [6.45, 7) is 7.44. The first-order chi connectivity index (χ1) is 19.5. The summed E-state index contributed by atoms with van der Waals surface area (Å²) in [5.74, 6) is -0.516. The molecule has 8 nitrogen and oxygen atoms in total. The Hall–Kier alpha value is -3.37. The number of β-amino-alcohol motifs (C(OH)–C–C–N with tert-alkyl or cyclic N) is 1. The number of nitrogens with zero attached hydrogens (tertiary/aromatic N) is 3. The molecule has 0 radical (unpaired) electrons. The van der Waals surface area contributed by atoms with Gasteiger partial charge in [-0.2, -0.15) is 5.10 Å². The van der Waals surface area contributed by atoms with Crippen LogP contribution in [-0.4, -0.2) is 72.3 Å². The van der Waals surface area contributed by atoms with E-state index in [1.165, 1.54) is 16.2 Å². The van der Waals surface area contributed by atoms with Gasteiger partial charge in [0.15, 0.2) is 0 Å². The Morgan fingerprint density at radius 1 is 1.00 bits per heavy atom. The predicted octanol–water partition coefficient (Wildman–Crippen LogP) is 4.06. The zero-order valence-electron chi connectivity index (χ0n) is 23.0. The van der Waals surface area contributed by atoms with Crippen LogP contribution in [0.25, 0.3) is 0 Å². The fourth-order valence-corrected chi connectivity index (χ4v) is 6.61. The van der Waals surface area contributed by atoms with Crippen molar-refractivity contribution >= 4 is 34.4 Å². The lowest BCUT2D eigenvalue weighted by Crippen LogP contribution is -2.46. The Bertz CT molecular complexity index is 1360. The van der Waals surface area contributed by atoms with Crippen LogP contribution < -0.4 is 10.7 Å². The number of carbonyl (C=O) groups excluding carboxylic acids is 2. The van der Waals surface area contributed by atoms with Gasteiger partial charge in [-0.3, -0.25) is 19.4 Å². The van der Waals surface area contributed by atoms with E-state index in [4.69, 9.17) is 0 Å². The van der Waals surface area contributed by atoms with Crippen LogP contribution in [0.15, 0.2) is 53.6 Å². The maximum Gasteiger partial charge on any atom is 0.274 e. The molecule has 1 aliphatic carbocycles. The summed E-state index contributed by atoms with van der Waals surface area (Å²) in [7, 11) is 0. The van der Waals surface area contributed by atoms with Crippen LogP contribution in [0.3, 0.4) is 0 Å². The van der Waals surface area contributed by atoms with Gasteiger partial charge < -0.3 is 10.4 Å². The number of aryl methyl sites for hydroxylation is 2. The van der Waals surface area contributed by atoms with Crippen molar-refractivity contribution in [1.29, 1.82) is 0 Å². The average Bonchev–Trinajstić information content (AvgIpc) is 3.33. The molecule has 1 fully saturated rings. The third-order valence-corrected chi connectivity index (χ3v) is 8.77. The highest BCUT2D eigenvalue weighted by Gasteiger charge is 2.27. The highest BCUT2D eigenvalue weighted by molar-refractivity contribution is 7.17. The van der Waals surface area contributed by atoms with Gasteiger partial charge in [0, 0.05) is 49.7 Å². The Morgan fingerprint density at radius 3 is 2.52 bits per heavy atom. The van der Waals surface area contributed by atoms with Crippen molar-refractivity contribution in [2.75, 3.05) is 44.6 Å². The van der Waals surface area contributed by atoms with E-state index in [2.05, 4.69) is 25.6 Å². The maximum absolute atomic E-state index is 13.4. The number of piperazine rings is 1. The molecule has 2 heterocycles. The lowest BCUT2D eigenvalue weighted by atomic mass is 9.95. The number of thiophene rings is 1. The van der Waals surface area contributed by atoms with Crippen LogP contribution >= 0.6 is 11.3 Å². The lowest BCUT2D eigenvalue weighted by molar-refractivity contribution is 0.0955. The van der Waals surface area contributed by atoms with Crippen LogP contribution in [0.2, 0.25) is 0 Å². The second kappa shape index (κ2) is 13.3. The van der Waals surface area contributed by atoms with Crippen molar-refractivity contribution in [3.63, 3.8) is 0 Å². The zero-order chi connectivity index (χ0) is 27.9. The second-order valence-corrected chi connectivity index (χ2v) is 11.6. The predicted molar refractivity (Wildman–Crippen MR) is 160 cm³/mol. The molecule has 0 atom stereocenters. The van der Waals surface area contributed by atoms with E-state index in [-0.39, 0.29) is 18.4 Å². The SMILES string of the molecule is Cc1ccc(C=NNC(=O)c2c(NC(=O)c3cccc(CN4CCN(CCO)CC4)c3)sc3c2CCCC3)cc1. The Labute approximate surface area is 239 Å². The molecular formula is C31H37N5O3S. The highest BCUT2D eigenvalue weighted by atomic mass is 32.1. The molecule has 5 rings (SSSR count). The van der Waals surface area contributed by atoms with Gasteiger partial charge in [0.1, 0.15) is 5.00 Å². The highest BCUT2D eigenvalue weighted by Crippen LogP contribution is 2.38. The van der Waals surface area contributed by atoms with Crippen LogP contribution in [-0.2, 0) is 19.4 Å². The number of aliphatic hydroxyl groups excluding tert-OH is 1. The average molecular weight is 560 g/mol. The van der Waals surface area contributed by atoms with Gasteiger partial charge >= 0.3 is 0 Å². The van der Waals surface area contributed by atoms with Crippen LogP contribution in [0.5, 0.6) is 0 Å². The molecule has 40 heavy (non-hydrogen) atoms. The van der Waals surface area contributed by atoms with Gasteiger partial charge in [-0.05, 0) is 61.4 Å². The second-order valence-electron chi connectivity index (χ2n) is 10.5. The number of amides is 2. The normalized spacial score (nSPS) is 16.1. The Morgan fingerprint density at radius 2 is 1.75 bits per heavy atom. The molecule has 2 aliphatic rings. The number of rotatable bonds is 9. The van der Waals surface area contributed by atoms with Gasteiger partial charge in [0.2, 0.25) is 0 Å². The van der Waals surface area contributed by atoms with Crippen molar-refractivity contribution in [3.8, 4) is 0 Å². The third kappa shape index (κ3) is 7.03. The minimum atomic E-state index is -0.299. The standard InChI is InChI=1S/C31H37N5O3S/c1-22-9-11-23(12-10-22)20-32-34-30(39)28-26-7-2-3-8-27(26)40-31(28)33-29(38)25-6-4-5-24(19-25)21-36-15-13-35(14-16-36)17-18-37/h4-6,9-12,19-20,37H,2-3,7-8,13-18,21H2,1H3,(H,33,38)(H,34,39). The summed E-state index contributed by atoms with van der Waals surface area (Å²) < 4.78 is 0. The first-order valence-corrected chi connectivity index (χ1v) is 14.8. The minimum Gasteiger partial charge on any atom is -0.395 e. The quantitative estimate of drug-likeness (QED) is 0.271. The number of hydrogen-bond donors (Lipinski definition) is 3. The number of anilines is 1. The van der Waals surface area contributed by atoms with Crippen molar-refractivity contribution in [2.45, 2.75) is 39.2 Å². The Kier molecular flexibility index (Phi) is 9.38. The van der Waals surface area contributed by atoms with Crippen molar-refractivity contribution in [1.82, 2.24) is 15.2 Å². The van der Waals surface area contributed by atoms with Crippen LogP contribution in [0.4, 0.5) is 5.00 Å². The first-order valence-electron chi connectivity index (χ1n) is 14.0. The van der Waals surface area contributed by atoms with Gasteiger partial charge in [-0.25, -0.2) is 5.43 Å². The van der Waals surface area contributed by atoms with E-state index in [1.54, 1.807) is 6.21 Å². The third-order valence-electron chi connectivity index (χ3n) is 7.56. The molecule has 0 saturated carbocycles. The summed E-state index contributed by atoms with van der Waals surface area (Å²) >= 11 is 1.51. The number of benzene rings is 2. The molecular weight excluding hydrogens is 522 g/mol. The molecule has 3 aromatic rings. The first kappa shape index (κ1) is 28.2. The minimum absolute atomic E-state index is 0.189. The van der Waals surface area contributed by atoms with Gasteiger partial charge in [0.05, 0.1) is 18.4 Å². The van der Waals surface area contributed by atoms with Gasteiger partial charge in [-0.15, -0.1) is 11.3 Å². The molecule has 0 spiro atoms. The van der Waals surface area contributed by atoms with Crippen LogP contribution in [0.1, 0.15) is 60.7 Å². The largest absolute Gasteiger partial charge is 0.395 e. The summed E-state index contributed by atoms with van der Waals surface area (Å²) in [6.07, 6.45) is 5.49. The van der Waals surface area contributed by atoms with E-state index in [0.717, 1.165) is 87.2 Å². The summed E-state index contributed by atoms with van der Waals surface area (Å²) in [5, 5.41) is 17.0. The molecule has 1 aliphatic heterocycles. The van der Waals surface area contributed by atoms with Crippen molar-refractivity contribution < 1.29 is 14.7 Å². The molecule has 1 saturated heterocycles. The van der Waals surface area contributed by atoms with E-state index in [1.807, 2.05) is 55.5 Å². The van der Waals surface area contributed by atoms with E-state index < -0.39 is 0 Å². The molecule has 9 heteroatoms. The molecule has 1 aromatic heterocycles. The molecule has 0 bridgehead atoms. The number of fused-ring (bicyclic) bond motifs is 1. The molecule has 210 valence electrons. The van der Waals surface area contributed by atoms with Gasteiger partial charge in [0.25, 0.3) is 11.8 Å². The fourth-order valence-electron chi connectivity index (χ4n) is 5.32. The van der Waals surface area contributed by atoms with Crippen molar-refractivity contribution in [3.05, 3.63) is 86.8 Å². The summed E-state index contributed by atoms with van der Waals surface area (Å²) in [5.41, 5.74) is 7.96. The zero-order valence-corrected chi connectivity index (χ0v) is 23.8. The number of aliphatic hydroxyl groups is 1. The fraction of sp³-hybridized carbons (Fsp3) is 0.387. The van der Waals surface area contributed by atoms with Crippen molar-refractivity contribution in [2.24, 2.45) is 5.10 Å². The molecule has 3 N–H and O–H groups in total. The summed E-state index contributed by atoms with van der Waals surface area (Å²) in [4.78, 5) is 32.5. The van der Waals surface area contributed by atoms with Crippen LogP contribution in [0, 0.1) is 6.92 Å². The van der Waals surface area contributed by atoms with E-state index in [0.29, 0.717) is 16.1 Å². The lowest BCUT2D eigenvalue weighted by Gasteiger charge is -2.34. The smallest absolute Gasteiger partial charge is 0.274 e. The Balaban J connectivity index is 1.27. The van der Waals surface area contributed by atoms with E-state index in [9.17, 15) is 14.7 Å². The monoisotopic (exact) mass is 559 g/mol. The number of hydrazone groups is 1. The molecule has 0 unspecified atom stereocenters. The molecule has 2 aromatic carbocycles. The summed E-state index contributed by atoms with van der Waals surface area (Å²) in [6, 6.07) is 15.6. The number of hydrogen-bond acceptors (Lipinski definition) is 7. The maximum atomic E-state index is 13.4. The topological polar surface area (TPSA) is 97.3 Å².